The largest absolute Gasteiger partial charge is 0.383 e. The van der Waals surface area contributed by atoms with Crippen LogP contribution in [0.2, 0.25) is 0 Å². The minimum Gasteiger partial charge on any atom is -0.383 e. The van der Waals surface area contributed by atoms with E-state index in [0.717, 1.165) is 0 Å². The summed E-state index contributed by atoms with van der Waals surface area (Å²) in [5.41, 5.74) is 0.590. The van der Waals surface area contributed by atoms with Crippen LogP contribution in [0.15, 0.2) is 24.3 Å². The number of halogens is 2. The fourth-order valence-electron chi connectivity index (χ4n) is 1.54. The molecule has 1 aromatic rings. The summed E-state index contributed by atoms with van der Waals surface area (Å²) in [5.74, 6) is -0.132. The van der Waals surface area contributed by atoms with Crippen molar-refractivity contribution in [1.82, 2.24) is 0 Å². The van der Waals surface area contributed by atoms with Gasteiger partial charge in [0.05, 0.1) is 11.5 Å². The van der Waals surface area contributed by atoms with Gasteiger partial charge in [0.15, 0.2) is 0 Å². The molecule has 8 heteroatoms. The lowest BCUT2D eigenvalue weighted by molar-refractivity contribution is -0.384. The summed E-state index contributed by atoms with van der Waals surface area (Å²) < 4.78 is 4.99. The molecule has 1 aromatic carbocycles. The van der Waals surface area contributed by atoms with E-state index in [-0.39, 0.29) is 16.4 Å². The van der Waals surface area contributed by atoms with Gasteiger partial charge < -0.3 is 9.64 Å². The maximum atomic E-state index is 12.3. The molecular weight excluding hydrogens is 396 g/mol. The highest BCUT2D eigenvalue weighted by molar-refractivity contribution is 9.12. The minimum absolute atomic E-state index is 0.0104. The minimum atomic E-state index is -0.475. The van der Waals surface area contributed by atoms with Crippen molar-refractivity contribution in [3.05, 3.63) is 34.4 Å². The van der Waals surface area contributed by atoms with Crippen LogP contribution in [0.4, 0.5) is 11.4 Å². The Kier molecular flexibility index (Phi) is 7.11. The van der Waals surface area contributed by atoms with Crippen LogP contribution in [0.3, 0.4) is 0 Å². The highest BCUT2D eigenvalue weighted by Gasteiger charge is 2.22. The molecule has 0 bridgehead atoms. The van der Waals surface area contributed by atoms with Gasteiger partial charge in [-0.25, -0.2) is 0 Å². The topological polar surface area (TPSA) is 72.7 Å². The van der Waals surface area contributed by atoms with Crippen molar-refractivity contribution >= 4 is 49.1 Å². The molecule has 0 saturated carbocycles. The number of non-ortho nitro benzene ring substituents is 1. The predicted octanol–water partition coefficient (Wildman–Crippen LogP) is 2.73. The van der Waals surface area contributed by atoms with Gasteiger partial charge in [0.25, 0.3) is 5.69 Å². The number of hydrogen-bond acceptors (Lipinski definition) is 4. The molecule has 0 fully saturated rings. The summed E-state index contributed by atoms with van der Waals surface area (Å²) in [5, 5.41) is 11.1. The SMILES string of the molecule is COCCN(C(=O)C(Br)CBr)c1ccc([N+](=O)[O-])cc1. The number of benzene rings is 1. The Morgan fingerprint density at radius 2 is 2.05 bits per heavy atom. The van der Waals surface area contributed by atoms with Crippen LogP contribution in [0.25, 0.3) is 0 Å². The molecule has 0 saturated heterocycles. The Balaban J connectivity index is 2.97. The first-order chi connectivity index (χ1) is 9.51. The first-order valence-corrected chi connectivity index (χ1v) is 7.79. The Bertz CT molecular complexity index is 467. The lowest BCUT2D eigenvalue weighted by Gasteiger charge is -2.24. The number of amides is 1. The first kappa shape index (κ1) is 17.1. The second kappa shape index (κ2) is 8.33. The molecule has 0 aliphatic carbocycles. The lowest BCUT2D eigenvalue weighted by Crippen LogP contribution is -2.39. The van der Waals surface area contributed by atoms with Gasteiger partial charge >= 0.3 is 0 Å². The molecule has 0 aromatic heterocycles. The molecule has 6 nitrogen and oxygen atoms in total. The summed E-state index contributed by atoms with van der Waals surface area (Å²) in [6.07, 6.45) is 0. The van der Waals surface area contributed by atoms with E-state index in [2.05, 4.69) is 31.9 Å². The zero-order chi connectivity index (χ0) is 15.1. The van der Waals surface area contributed by atoms with E-state index in [1.54, 1.807) is 19.2 Å². The van der Waals surface area contributed by atoms with Gasteiger partial charge in [-0.15, -0.1) is 0 Å². The number of anilines is 1. The summed E-state index contributed by atoms with van der Waals surface area (Å²) in [7, 11) is 1.55. The number of carbonyl (C=O) groups is 1. The second-order valence-corrected chi connectivity index (χ2v) is 5.63. The van der Waals surface area contributed by atoms with Crippen molar-refractivity contribution in [1.29, 1.82) is 0 Å². The molecule has 20 heavy (non-hydrogen) atoms. The van der Waals surface area contributed by atoms with Crippen molar-refractivity contribution in [2.24, 2.45) is 0 Å². The van der Waals surface area contributed by atoms with Gasteiger partial charge in [0.2, 0.25) is 5.91 Å². The Morgan fingerprint density at radius 3 is 2.50 bits per heavy atom. The van der Waals surface area contributed by atoms with E-state index in [4.69, 9.17) is 4.74 Å². The first-order valence-electron chi connectivity index (χ1n) is 5.76. The molecule has 0 heterocycles. The van der Waals surface area contributed by atoms with Crippen LogP contribution in [0.1, 0.15) is 0 Å². The number of methoxy groups -OCH3 is 1. The summed E-state index contributed by atoms with van der Waals surface area (Å²) in [6, 6.07) is 5.86. The molecule has 110 valence electrons. The van der Waals surface area contributed by atoms with Crippen molar-refractivity contribution in [2.75, 3.05) is 30.5 Å². The fraction of sp³-hybridized carbons (Fsp3) is 0.417. The number of nitro benzene ring substituents is 1. The van der Waals surface area contributed by atoms with Crippen LogP contribution in [-0.4, -0.2) is 41.2 Å². The summed E-state index contributed by atoms with van der Waals surface area (Å²) >= 11 is 6.52. The van der Waals surface area contributed by atoms with Gasteiger partial charge in [0, 0.05) is 36.8 Å². The Morgan fingerprint density at radius 1 is 1.45 bits per heavy atom. The van der Waals surface area contributed by atoms with Crippen LogP contribution < -0.4 is 4.90 Å². The van der Waals surface area contributed by atoms with Crippen molar-refractivity contribution < 1.29 is 14.5 Å². The Hall–Kier alpha value is -0.990. The monoisotopic (exact) mass is 408 g/mol. The van der Waals surface area contributed by atoms with Gasteiger partial charge in [-0.2, -0.15) is 0 Å². The number of nitro groups is 1. The molecule has 0 aliphatic heterocycles. The summed E-state index contributed by atoms with van der Waals surface area (Å²) in [6.45, 7) is 0.757. The van der Waals surface area contributed by atoms with Crippen LogP contribution >= 0.6 is 31.9 Å². The number of carbonyl (C=O) groups excluding carboxylic acids is 1. The zero-order valence-electron chi connectivity index (χ0n) is 10.8. The predicted molar refractivity (Wildman–Crippen MR) is 83.8 cm³/mol. The van der Waals surface area contributed by atoms with E-state index in [9.17, 15) is 14.9 Å². The van der Waals surface area contributed by atoms with E-state index in [1.165, 1.54) is 17.0 Å². The number of nitrogens with zero attached hydrogens (tertiary/aromatic N) is 2. The molecule has 0 N–H and O–H groups in total. The van der Waals surface area contributed by atoms with E-state index in [0.29, 0.717) is 24.2 Å². The third-order valence-corrected chi connectivity index (χ3v) is 4.79. The quantitative estimate of drug-likeness (QED) is 0.394. The summed E-state index contributed by atoms with van der Waals surface area (Å²) in [4.78, 5) is 23.6. The smallest absolute Gasteiger partial charge is 0.269 e. The van der Waals surface area contributed by atoms with Crippen molar-refractivity contribution in [2.45, 2.75) is 4.83 Å². The third-order valence-electron chi connectivity index (χ3n) is 2.56. The van der Waals surface area contributed by atoms with Crippen LogP contribution in [0, 0.1) is 10.1 Å². The van der Waals surface area contributed by atoms with Gasteiger partial charge in [-0.05, 0) is 12.1 Å². The maximum absolute atomic E-state index is 12.3. The zero-order valence-corrected chi connectivity index (χ0v) is 14.0. The van der Waals surface area contributed by atoms with Gasteiger partial charge in [-0.3, -0.25) is 14.9 Å². The maximum Gasteiger partial charge on any atom is 0.269 e. The van der Waals surface area contributed by atoms with Crippen LogP contribution in [-0.2, 0) is 9.53 Å². The lowest BCUT2D eigenvalue weighted by atomic mass is 10.2. The average Bonchev–Trinajstić information content (AvgIpc) is 2.47. The van der Waals surface area contributed by atoms with Crippen LogP contribution in [0.5, 0.6) is 0 Å². The van der Waals surface area contributed by atoms with Crippen molar-refractivity contribution in [3.63, 3.8) is 0 Å². The number of alkyl halides is 2. The molecule has 1 atom stereocenters. The third kappa shape index (κ3) is 4.53. The highest BCUT2D eigenvalue weighted by Crippen LogP contribution is 2.21. The molecule has 1 unspecified atom stereocenters. The fourth-order valence-corrected chi connectivity index (χ4v) is 2.06. The van der Waals surface area contributed by atoms with Gasteiger partial charge in [-0.1, -0.05) is 31.9 Å². The van der Waals surface area contributed by atoms with E-state index < -0.39 is 4.92 Å². The number of ether oxygens (including phenoxy) is 1. The standard InChI is InChI=1S/C12H14Br2N2O4/c1-20-7-6-15(12(17)11(14)8-13)9-2-4-10(5-3-9)16(18)19/h2-5,11H,6-8H2,1H3. The number of rotatable bonds is 7. The molecule has 0 radical (unpaired) electrons. The molecule has 1 amide bonds. The Labute approximate surface area is 133 Å². The molecule has 0 spiro atoms. The van der Waals surface area contributed by atoms with Gasteiger partial charge in [0.1, 0.15) is 4.83 Å². The molecule has 0 aliphatic rings. The van der Waals surface area contributed by atoms with E-state index >= 15 is 0 Å². The normalized spacial score (nSPS) is 11.9. The van der Waals surface area contributed by atoms with Crippen molar-refractivity contribution in [3.8, 4) is 0 Å². The second-order valence-electron chi connectivity index (χ2n) is 3.88. The highest BCUT2D eigenvalue weighted by atomic mass is 79.9. The molecular formula is C12H14Br2N2O4. The molecule has 1 rings (SSSR count). The number of hydrogen-bond donors (Lipinski definition) is 0. The van der Waals surface area contributed by atoms with E-state index in [1.807, 2.05) is 0 Å². The average molecular weight is 410 g/mol.